The molecule has 1 heterocycles. The van der Waals surface area contributed by atoms with E-state index in [0.29, 0.717) is 16.3 Å². The van der Waals surface area contributed by atoms with Crippen molar-refractivity contribution in [3.05, 3.63) is 53.6 Å². The first-order chi connectivity index (χ1) is 11.6. The molecule has 24 heavy (non-hydrogen) atoms. The molecule has 0 unspecified atom stereocenters. The van der Waals surface area contributed by atoms with Crippen LogP contribution in [0.1, 0.15) is 20.7 Å². The number of rotatable bonds is 4. The van der Waals surface area contributed by atoms with Crippen LogP contribution in [0.3, 0.4) is 0 Å². The average Bonchev–Trinajstić information content (AvgIpc) is 3.02. The highest BCUT2D eigenvalue weighted by Crippen LogP contribution is 2.29. The summed E-state index contributed by atoms with van der Waals surface area (Å²) >= 11 is 1.36. The summed E-state index contributed by atoms with van der Waals surface area (Å²) in [6.07, 6.45) is 0. The van der Waals surface area contributed by atoms with Gasteiger partial charge in [0.25, 0.3) is 5.91 Å². The van der Waals surface area contributed by atoms with Crippen molar-refractivity contribution in [3.63, 3.8) is 0 Å². The summed E-state index contributed by atoms with van der Waals surface area (Å²) in [7, 11) is 2.91. The van der Waals surface area contributed by atoms with Crippen molar-refractivity contribution < 1.29 is 19.1 Å². The summed E-state index contributed by atoms with van der Waals surface area (Å²) in [5.74, 6) is 0.00180. The molecule has 6 nitrogen and oxygen atoms in total. The lowest BCUT2D eigenvalue weighted by molar-refractivity contribution is 0.0600. The monoisotopic (exact) mass is 342 g/mol. The molecule has 0 aliphatic carbocycles. The molecule has 0 aliphatic rings. The number of amides is 1. The second kappa shape index (κ2) is 6.67. The fourth-order valence-corrected chi connectivity index (χ4v) is 3.02. The van der Waals surface area contributed by atoms with Crippen molar-refractivity contribution in [2.24, 2.45) is 0 Å². The smallest absolute Gasteiger partial charge is 0.337 e. The number of benzene rings is 2. The molecule has 3 rings (SSSR count). The second-order valence-corrected chi connectivity index (χ2v) is 5.91. The summed E-state index contributed by atoms with van der Waals surface area (Å²) in [5, 5.41) is 3.26. The largest absolute Gasteiger partial charge is 0.497 e. The van der Waals surface area contributed by atoms with E-state index in [9.17, 15) is 9.59 Å². The first-order valence-electron chi connectivity index (χ1n) is 7.05. The van der Waals surface area contributed by atoms with Crippen LogP contribution >= 0.6 is 11.3 Å². The van der Waals surface area contributed by atoms with Crippen LogP contribution in [-0.2, 0) is 4.74 Å². The van der Waals surface area contributed by atoms with E-state index in [2.05, 4.69) is 15.0 Å². The van der Waals surface area contributed by atoms with Crippen LogP contribution < -0.4 is 10.1 Å². The van der Waals surface area contributed by atoms with Crippen molar-refractivity contribution in [1.82, 2.24) is 4.98 Å². The molecule has 1 amide bonds. The Labute approximate surface area is 142 Å². The van der Waals surface area contributed by atoms with Gasteiger partial charge in [-0.1, -0.05) is 11.3 Å². The number of fused-ring (bicyclic) bond motifs is 1. The van der Waals surface area contributed by atoms with Crippen LogP contribution in [0.5, 0.6) is 5.75 Å². The number of methoxy groups -OCH3 is 2. The zero-order chi connectivity index (χ0) is 17.1. The minimum absolute atomic E-state index is 0.294. The second-order valence-electron chi connectivity index (χ2n) is 4.88. The predicted octanol–water partition coefficient (Wildman–Crippen LogP) is 3.34. The maximum Gasteiger partial charge on any atom is 0.337 e. The molecule has 1 N–H and O–H groups in total. The van der Waals surface area contributed by atoms with Gasteiger partial charge < -0.3 is 9.47 Å². The first-order valence-corrected chi connectivity index (χ1v) is 7.86. The number of nitrogens with one attached hydrogen (secondary N) is 1. The van der Waals surface area contributed by atoms with Crippen molar-refractivity contribution in [3.8, 4) is 5.75 Å². The van der Waals surface area contributed by atoms with Crippen molar-refractivity contribution in [1.29, 1.82) is 0 Å². The van der Waals surface area contributed by atoms with Crippen LogP contribution in [0.25, 0.3) is 10.2 Å². The zero-order valence-electron chi connectivity index (χ0n) is 13.0. The molecule has 1 aromatic heterocycles. The summed E-state index contributed by atoms with van der Waals surface area (Å²) < 4.78 is 10.7. The van der Waals surface area contributed by atoms with E-state index in [1.165, 1.54) is 18.4 Å². The topological polar surface area (TPSA) is 77.5 Å². The lowest BCUT2D eigenvalue weighted by Crippen LogP contribution is -2.12. The van der Waals surface area contributed by atoms with Gasteiger partial charge in [0.05, 0.1) is 30.0 Å². The Morgan fingerprint density at radius 2 is 1.75 bits per heavy atom. The molecular formula is C17H14N2O4S. The number of hydrogen-bond donors (Lipinski definition) is 1. The van der Waals surface area contributed by atoms with E-state index < -0.39 is 5.97 Å². The number of ether oxygens (including phenoxy) is 2. The van der Waals surface area contributed by atoms with Crippen LogP contribution in [0.2, 0.25) is 0 Å². The van der Waals surface area contributed by atoms with E-state index in [0.717, 1.165) is 16.0 Å². The fourth-order valence-electron chi connectivity index (χ4n) is 2.13. The molecule has 0 aliphatic heterocycles. The molecule has 0 saturated heterocycles. The Morgan fingerprint density at radius 3 is 2.42 bits per heavy atom. The van der Waals surface area contributed by atoms with Crippen LogP contribution in [0, 0.1) is 0 Å². The Bertz CT molecular complexity index is 903. The lowest BCUT2D eigenvalue weighted by Gasteiger charge is -2.03. The maximum atomic E-state index is 12.3. The molecular weight excluding hydrogens is 328 g/mol. The van der Waals surface area contributed by atoms with Gasteiger partial charge in [0.15, 0.2) is 5.13 Å². The molecule has 0 saturated carbocycles. The highest BCUT2D eigenvalue weighted by Gasteiger charge is 2.12. The van der Waals surface area contributed by atoms with Gasteiger partial charge in [0.1, 0.15) is 5.75 Å². The quantitative estimate of drug-likeness (QED) is 0.736. The van der Waals surface area contributed by atoms with Gasteiger partial charge in [0, 0.05) is 5.56 Å². The number of anilines is 1. The SMILES string of the molecule is COC(=O)c1ccc(C(=O)Nc2nc3ccc(OC)cc3s2)cc1. The number of carbonyl (C=O) groups excluding carboxylic acids is 2. The molecule has 0 atom stereocenters. The predicted molar refractivity (Wildman–Crippen MR) is 91.9 cm³/mol. The molecule has 2 aromatic carbocycles. The van der Waals surface area contributed by atoms with E-state index in [4.69, 9.17) is 4.74 Å². The molecule has 0 bridgehead atoms. The van der Waals surface area contributed by atoms with Crippen molar-refractivity contribution >= 4 is 38.6 Å². The third-order valence-corrected chi connectivity index (χ3v) is 4.32. The van der Waals surface area contributed by atoms with Crippen molar-refractivity contribution in [2.75, 3.05) is 19.5 Å². The summed E-state index contributed by atoms with van der Waals surface area (Å²) in [5.41, 5.74) is 1.61. The normalized spacial score (nSPS) is 10.4. The minimum atomic E-state index is -0.443. The minimum Gasteiger partial charge on any atom is -0.497 e. The standard InChI is InChI=1S/C17H14N2O4S/c1-22-12-7-8-13-14(9-12)24-17(18-13)19-15(20)10-3-5-11(6-4-10)16(21)23-2/h3-9H,1-2H3,(H,18,19,20). The molecule has 3 aromatic rings. The third-order valence-electron chi connectivity index (χ3n) is 3.38. The van der Waals surface area contributed by atoms with Gasteiger partial charge in [-0.15, -0.1) is 0 Å². The van der Waals surface area contributed by atoms with Gasteiger partial charge >= 0.3 is 5.97 Å². The molecule has 7 heteroatoms. The van der Waals surface area contributed by atoms with Gasteiger partial charge in [-0.25, -0.2) is 9.78 Å². The fraction of sp³-hybridized carbons (Fsp3) is 0.118. The third kappa shape index (κ3) is 3.21. The lowest BCUT2D eigenvalue weighted by atomic mass is 10.1. The Balaban J connectivity index is 1.78. The number of esters is 1. The number of carbonyl (C=O) groups is 2. The first kappa shape index (κ1) is 15.9. The molecule has 0 fully saturated rings. The van der Waals surface area contributed by atoms with E-state index in [-0.39, 0.29) is 5.91 Å². The number of hydrogen-bond acceptors (Lipinski definition) is 6. The van der Waals surface area contributed by atoms with Gasteiger partial charge in [-0.2, -0.15) is 0 Å². The van der Waals surface area contributed by atoms with E-state index in [1.54, 1.807) is 31.4 Å². The number of nitrogens with zero attached hydrogens (tertiary/aromatic N) is 1. The van der Waals surface area contributed by atoms with Crippen LogP contribution in [0.4, 0.5) is 5.13 Å². The van der Waals surface area contributed by atoms with E-state index >= 15 is 0 Å². The Hall–Kier alpha value is -2.93. The van der Waals surface area contributed by atoms with Gasteiger partial charge in [-0.3, -0.25) is 10.1 Å². The summed E-state index contributed by atoms with van der Waals surface area (Å²) in [4.78, 5) is 28.0. The number of thiazole rings is 1. The summed E-state index contributed by atoms with van der Waals surface area (Å²) in [6, 6.07) is 11.8. The maximum absolute atomic E-state index is 12.3. The Kier molecular flexibility index (Phi) is 4.43. The number of aromatic nitrogens is 1. The molecule has 0 spiro atoms. The Morgan fingerprint density at radius 1 is 1.04 bits per heavy atom. The summed E-state index contributed by atoms with van der Waals surface area (Å²) in [6.45, 7) is 0. The van der Waals surface area contributed by atoms with E-state index in [1.807, 2.05) is 18.2 Å². The van der Waals surface area contributed by atoms with Gasteiger partial charge in [0.2, 0.25) is 0 Å². The van der Waals surface area contributed by atoms with Crippen LogP contribution in [0.15, 0.2) is 42.5 Å². The molecule has 0 radical (unpaired) electrons. The highest BCUT2D eigenvalue weighted by atomic mass is 32.1. The highest BCUT2D eigenvalue weighted by molar-refractivity contribution is 7.22. The average molecular weight is 342 g/mol. The van der Waals surface area contributed by atoms with Gasteiger partial charge in [-0.05, 0) is 42.5 Å². The zero-order valence-corrected chi connectivity index (χ0v) is 13.8. The van der Waals surface area contributed by atoms with Crippen LogP contribution in [-0.4, -0.2) is 31.1 Å². The van der Waals surface area contributed by atoms with Crippen molar-refractivity contribution in [2.45, 2.75) is 0 Å². The molecule has 122 valence electrons.